The van der Waals surface area contributed by atoms with Crippen molar-refractivity contribution in [3.05, 3.63) is 46.0 Å². The first kappa shape index (κ1) is 14.5. The highest BCUT2D eigenvalue weighted by molar-refractivity contribution is 7.71. The summed E-state index contributed by atoms with van der Waals surface area (Å²) >= 11 is 5.03. The van der Waals surface area contributed by atoms with Crippen molar-refractivity contribution in [2.24, 2.45) is 7.05 Å². The molecule has 6 heteroatoms. The maximum Gasteiger partial charge on any atom is 0.251 e. The zero-order valence-corrected chi connectivity index (χ0v) is 12.5. The number of H-pyrrole nitrogens is 1. The first-order valence-corrected chi connectivity index (χ1v) is 7.00. The molecule has 0 unspecified atom stereocenters. The molecule has 0 spiro atoms. The first-order chi connectivity index (χ1) is 9.61. The SMILES string of the molecule is CCc1ccc(C(=O)NCCc2n[nH]c(=S)n2C)cc1. The van der Waals surface area contributed by atoms with Gasteiger partial charge in [-0.3, -0.25) is 9.89 Å². The van der Waals surface area contributed by atoms with Crippen LogP contribution < -0.4 is 5.32 Å². The number of nitrogens with zero attached hydrogens (tertiary/aromatic N) is 2. The number of carbonyl (C=O) groups excluding carboxylic acids is 1. The average molecular weight is 290 g/mol. The molecule has 1 heterocycles. The van der Waals surface area contributed by atoms with Gasteiger partial charge in [-0.1, -0.05) is 19.1 Å². The van der Waals surface area contributed by atoms with E-state index in [0.29, 0.717) is 23.3 Å². The maximum absolute atomic E-state index is 12.0. The van der Waals surface area contributed by atoms with Crippen molar-refractivity contribution in [2.45, 2.75) is 19.8 Å². The van der Waals surface area contributed by atoms with Crippen LogP contribution in [0.4, 0.5) is 0 Å². The molecule has 2 rings (SSSR count). The van der Waals surface area contributed by atoms with Crippen LogP contribution in [0.2, 0.25) is 0 Å². The number of hydrogen-bond acceptors (Lipinski definition) is 3. The predicted molar refractivity (Wildman–Crippen MR) is 80.2 cm³/mol. The Balaban J connectivity index is 1.88. The van der Waals surface area contributed by atoms with Crippen LogP contribution in [0, 0.1) is 4.77 Å². The fourth-order valence-corrected chi connectivity index (χ4v) is 2.04. The number of nitrogens with one attached hydrogen (secondary N) is 2. The summed E-state index contributed by atoms with van der Waals surface area (Å²) in [5.41, 5.74) is 1.90. The molecule has 0 saturated carbocycles. The monoisotopic (exact) mass is 290 g/mol. The van der Waals surface area contributed by atoms with E-state index >= 15 is 0 Å². The minimum atomic E-state index is -0.0653. The summed E-state index contributed by atoms with van der Waals surface area (Å²) < 4.78 is 2.39. The Morgan fingerprint density at radius 3 is 2.65 bits per heavy atom. The van der Waals surface area contributed by atoms with Gasteiger partial charge in [0.15, 0.2) is 4.77 Å². The van der Waals surface area contributed by atoms with E-state index in [1.165, 1.54) is 5.56 Å². The summed E-state index contributed by atoms with van der Waals surface area (Å²) in [4.78, 5) is 12.0. The number of benzene rings is 1. The topological polar surface area (TPSA) is 62.7 Å². The smallest absolute Gasteiger partial charge is 0.251 e. The van der Waals surface area contributed by atoms with E-state index in [4.69, 9.17) is 12.2 Å². The molecule has 5 nitrogen and oxygen atoms in total. The lowest BCUT2D eigenvalue weighted by Gasteiger charge is -2.05. The van der Waals surface area contributed by atoms with Gasteiger partial charge in [-0.2, -0.15) is 5.10 Å². The lowest BCUT2D eigenvalue weighted by molar-refractivity contribution is 0.0954. The third-order valence-electron chi connectivity index (χ3n) is 3.23. The van der Waals surface area contributed by atoms with E-state index in [2.05, 4.69) is 22.4 Å². The van der Waals surface area contributed by atoms with Crippen molar-refractivity contribution in [2.75, 3.05) is 6.54 Å². The zero-order chi connectivity index (χ0) is 14.5. The lowest BCUT2D eigenvalue weighted by Crippen LogP contribution is -2.26. The number of carbonyl (C=O) groups is 1. The minimum absolute atomic E-state index is 0.0653. The molecule has 0 aliphatic rings. The third-order valence-corrected chi connectivity index (χ3v) is 3.60. The number of rotatable bonds is 5. The molecule has 2 N–H and O–H groups in total. The van der Waals surface area contributed by atoms with Gasteiger partial charge in [-0.25, -0.2) is 0 Å². The number of aryl methyl sites for hydroxylation is 1. The molecule has 0 saturated heterocycles. The normalized spacial score (nSPS) is 10.5. The molecule has 0 aliphatic carbocycles. The number of amides is 1. The lowest BCUT2D eigenvalue weighted by atomic mass is 10.1. The molecule has 0 atom stereocenters. The largest absolute Gasteiger partial charge is 0.352 e. The van der Waals surface area contributed by atoms with Gasteiger partial charge in [0, 0.05) is 25.6 Å². The van der Waals surface area contributed by atoms with E-state index in [1.54, 1.807) is 4.57 Å². The van der Waals surface area contributed by atoms with Crippen molar-refractivity contribution in [1.29, 1.82) is 0 Å². The molecule has 0 radical (unpaired) electrons. The van der Waals surface area contributed by atoms with Gasteiger partial charge in [-0.15, -0.1) is 0 Å². The summed E-state index contributed by atoms with van der Waals surface area (Å²) in [7, 11) is 1.85. The second kappa shape index (κ2) is 6.47. The summed E-state index contributed by atoms with van der Waals surface area (Å²) in [5.74, 6) is 0.765. The molecule has 0 aliphatic heterocycles. The van der Waals surface area contributed by atoms with Gasteiger partial charge < -0.3 is 9.88 Å². The second-order valence-corrected chi connectivity index (χ2v) is 4.95. The highest BCUT2D eigenvalue weighted by Gasteiger charge is 2.06. The van der Waals surface area contributed by atoms with Gasteiger partial charge in [-0.05, 0) is 36.3 Å². The average Bonchev–Trinajstić information content (AvgIpc) is 2.79. The molecule has 1 amide bonds. The predicted octanol–water partition coefficient (Wildman–Crippen LogP) is 2.01. The minimum Gasteiger partial charge on any atom is -0.352 e. The van der Waals surface area contributed by atoms with Gasteiger partial charge in [0.2, 0.25) is 0 Å². The summed E-state index contributed by atoms with van der Waals surface area (Å²) in [5, 5.41) is 9.71. The quantitative estimate of drug-likeness (QED) is 0.828. The van der Waals surface area contributed by atoms with Crippen molar-refractivity contribution >= 4 is 18.1 Å². The van der Waals surface area contributed by atoms with Crippen molar-refractivity contribution in [3.8, 4) is 0 Å². The molecular weight excluding hydrogens is 272 g/mol. The Morgan fingerprint density at radius 1 is 1.40 bits per heavy atom. The Labute approximate surface area is 123 Å². The first-order valence-electron chi connectivity index (χ1n) is 6.59. The molecule has 1 aromatic carbocycles. The summed E-state index contributed by atoms with van der Waals surface area (Å²) in [6.07, 6.45) is 1.61. The number of aromatic nitrogens is 3. The Kier molecular flexibility index (Phi) is 4.68. The van der Waals surface area contributed by atoms with Crippen LogP contribution in [0.3, 0.4) is 0 Å². The number of hydrogen-bond donors (Lipinski definition) is 2. The molecule has 20 heavy (non-hydrogen) atoms. The summed E-state index contributed by atoms with van der Waals surface area (Å²) in [6.45, 7) is 2.62. The standard InChI is InChI=1S/C14H18N4OS/c1-3-10-4-6-11(7-5-10)13(19)15-9-8-12-16-17-14(20)18(12)2/h4-7H,3,8-9H2,1-2H3,(H,15,19)(H,17,20). The van der Waals surface area contributed by atoms with E-state index in [-0.39, 0.29) is 5.91 Å². The third kappa shape index (κ3) is 3.33. The Morgan fingerprint density at radius 2 is 2.10 bits per heavy atom. The van der Waals surface area contributed by atoms with Gasteiger partial charge in [0.25, 0.3) is 5.91 Å². The van der Waals surface area contributed by atoms with Crippen molar-refractivity contribution < 1.29 is 4.79 Å². The second-order valence-electron chi connectivity index (χ2n) is 4.56. The van der Waals surface area contributed by atoms with E-state index in [0.717, 1.165) is 12.2 Å². The highest BCUT2D eigenvalue weighted by Crippen LogP contribution is 2.05. The Bertz CT molecular complexity index is 642. The molecule has 0 fully saturated rings. The van der Waals surface area contributed by atoms with E-state index in [1.807, 2.05) is 31.3 Å². The van der Waals surface area contributed by atoms with Crippen molar-refractivity contribution in [1.82, 2.24) is 20.1 Å². The van der Waals surface area contributed by atoms with Crippen LogP contribution >= 0.6 is 12.2 Å². The van der Waals surface area contributed by atoms with Crippen LogP contribution in [-0.4, -0.2) is 27.2 Å². The fraction of sp³-hybridized carbons (Fsp3) is 0.357. The van der Waals surface area contributed by atoms with Crippen LogP contribution in [0.1, 0.15) is 28.7 Å². The van der Waals surface area contributed by atoms with Crippen LogP contribution in [-0.2, 0) is 19.9 Å². The van der Waals surface area contributed by atoms with Gasteiger partial charge in [0.05, 0.1) is 0 Å². The van der Waals surface area contributed by atoms with Crippen LogP contribution in [0.5, 0.6) is 0 Å². The Hall–Kier alpha value is -1.95. The fourth-order valence-electron chi connectivity index (χ4n) is 1.88. The molecule has 1 aromatic heterocycles. The number of aromatic amines is 1. The van der Waals surface area contributed by atoms with Gasteiger partial charge in [0.1, 0.15) is 5.82 Å². The van der Waals surface area contributed by atoms with Crippen LogP contribution in [0.25, 0.3) is 0 Å². The van der Waals surface area contributed by atoms with E-state index < -0.39 is 0 Å². The van der Waals surface area contributed by atoms with Gasteiger partial charge >= 0.3 is 0 Å². The highest BCUT2D eigenvalue weighted by atomic mass is 32.1. The zero-order valence-electron chi connectivity index (χ0n) is 11.6. The molecular formula is C14H18N4OS. The van der Waals surface area contributed by atoms with Crippen LogP contribution in [0.15, 0.2) is 24.3 Å². The van der Waals surface area contributed by atoms with Crippen molar-refractivity contribution in [3.63, 3.8) is 0 Å². The van der Waals surface area contributed by atoms with E-state index in [9.17, 15) is 4.79 Å². The molecule has 106 valence electrons. The maximum atomic E-state index is 12.0. The molecule has 2 aromatic rings. The summed E-state index contributed by atoms with van der Waals surface area (Å²) in [6, 6.07) is 7.66. The molecule has 0 bridgehead atoms.